The van der Waals surface area contributed by atoms with Gasteiger partial charge in [0, 0.05) is 47.4 Å². The number of nitrogens with zero attached hydrogens (tertiary/aromatic N) is 1. The summed E-state index contributed by atoms with van der Waals surface area (Å²) in [6, 6.07) is 7.89. The van der Waals surface area contributed by atoms with Crippen LogP contribution in [0.5, 0.6) is 0 Å². The van der Waals surface area contributed by atoms with Crippen LogP contribution in [0, 0.1) is 0 Å². The van der Waals surface area contributed by atoms with Crippen LogP contribution in [0.1, 0.15) is 13.8 Å². The van der Waals surface area contributed by atoms with E-state index in [4.69, 9.17) is 11.6 Å². The summed E-state index contributed by atoms with van der Waals surface area (Å²) < 4.78 is 0.401. The Morgan fingerprint density at radius 3 is 2.72 bits per heavy atom. The van der Waals surface area contributed by atoms with Crippen molar-refractivity contribution < 1.29 is 0 Å². The third-order valence-corrected chi connectivity index (χ3v) is 4.66. The fraction of sp³-hybridized carbons (Fsp3) is 0.571. The first kappa shape index (κ1) is 14.0. The van der Waals surface area contributed by atoms with Crippen molar-refractivity contribution in [1.82, 2.24) is 4.90 Å². The first-order chi connectivity index (χ1) is 8.55. The quantitative estimate of drug-likeness (QED) is 0.910. The van der Waals surface area contributed by atoms with Gasteiger partial charge in [0.05, 0.1) is 0 Å². The molecule has 0 amide bonds. The molecule has 1 aromatic rings. The largest absolute Gasteiger partial charge is 0.384 e. The van der Waals surface area contributed by atoms with E-state index in [-0.39, 0.29) is 0 Å². The van der Waals surface area contributed by atoms with Gasteiger partial charge in [-0.25, -0.2) is 0 Å². The fourth-order valence-corrected chi connectivity index (χ4v) is 3.53. The molecule has 0 unspecified atom stereocenters. The number of thioether (sulfide) groups is 1. The molecule has 18 heavy (non-hydrogen) atoms. The molecule has 1 heterocycles. The van der Waals surface area contributed by atoms with Gasteiger partial charge in [0.2, 0.25) is 0 Å². The lowest BCUT2D eigenvalue weighted by molar-refractivity contribution is 0.270. The van der Waals surface area contributed by atoms with Gasteiger partial charge in [-0.3, -0.25) is 4.90 Å². The summed E-state index contributed by atoms with van der Waals surface area (Å²) in [5, 5.41) is 4.23. The topological polar surface area (TPSA) is 15.3 Å². The molecule has 4 heteroatoms. The summed E-state index contributed by atoms with van der Waals surface area (Å²) in [5.74, 6) is 1.24. The summed E-state index contributed by atoms with van der Waals surface area (Å²) in [5.41, 5.74) is 1.14. The number of nitrogens with one attached hydrogen (secondary N) is 1. The molecule has 1 aromatic carbocycles. The molecule has 2 nitrogen and oxygen atoms in total. The molecule has 1 saturated heterocycles. The summed E-state index contributed by atoms with van der Waals surface area (Å²) in [6.07, 6.45) is 0. The number of hydrogen-bond acceptors (Lipinski definition) is 3. The molecule has 1 aliphatic rings. The second-order valence-corrected chi connectivity index (χ2v) is 7.56. The number of benzene rings is 1. The van der Waals surface area contributed by atoms with Crippen LogP contribution >= 0.6 is 23.4 Å². The number of anilines is 1. The third kappa shape index (κ3) is 4.38. The highest BCUT2D eigenvalue weighted by Gasteiger charge is 2.26. The smallest absolute Gasteiger partial charge is 0.0407 e. The highest BCUT2D eigenvalue weighted by atomic mass is 35.5. The molecule has 0 radical (unpaired) electrons. The summed E-state index contributed by atoms with van der Waals surface area (Å²) in [6.45, 7) is 9.14. The normalized spacial score (nSPS) is 19.7. The SMILES string of the molecule is CC1(C)CN(CCNc2ccc(Cl)cc2)CCS1. The minimum atomic E-state index is 0.401. The predicted molar refractivity (Wildman–Crippen MR) is 82.9 cm³/mol. The molecule has 0 aromatic heterocycles. The lowest BCUT2D eigenvalue weighted by Gasteiger charge is -2.37. The summed E-state index contributed by atoms with van der Waals surface area (Å²) in [7, 11) is 0. The first-order valence-corrected chi connectivity index (χ1v) is 7.77. The maximum absolute atomic E-state index is 5.86. The highest BCUT2D eigenvalue weighted by molar-refractivity contribution is 8.00. The molecular weight excluding hydrogens is 264 g/mol. The van der Waals surface area contributed by atoms with E-state index in [0.717, 1.165) is 23.8 Å². The van der Waals surface area contributed by atoms with Gasteiger partial charge in [0.1, 0.15) is 0 Å². The predicted octanol–water partition coefficient (Wildman–Crippen LogP) is 3.58. The maximum Gasteiger partial charge on any atom is 0.0407 e. The first-order valence-electron chi connectivity index (χ1n) is 6.41. The van der Waals surface area contributed by atoms with Crippen LogP contribution in [0.2, 0.25) is 5.02 Å². The Morgan fingerprint density at radius 1 is 1.33 bits per heavy atom. The van der Waals surface area contributed by atoms with E-state index in [1.807, 2.05) is 24.3 Å². The van der Waals surface area contributed by atoms with Gasteiger partial charge in [0.25, 0.3) is 0 Å². The van der Waals surface area contributed by atoms with Gasteiger partial charge < -0.3 is 5.32 Å². The Bertz CT molecular complexity index is 378. The highest BCUT2D eigenvalue weighted by Crippen LogP contribution is 2.29. The van der Waals surface area contributed by atoms with E-state index in [1.165, 1.54) is 18.8 Å². The van der Waals surface area contributed by atoms with Crippen LogP contribution in [0.3, 0.4) is 0 Å². The summed E-state index contributed by atoms with van der Waals surface area (Å²) >= 11 is 7.94. The van der Waals surface area contributed by atoms with Crippen molar-refractivity contribution in [1.29, 1.82) is 0 Å². The molecule has 1 aliphatic heterocycles. The molecule has 1 fully saturated rings. The molecular formula is C14H21ClN2S. The van der Waals surface area contributed by atoms with E-state index in [0.29, 0.717) is 4.75 Å². The average Bonchev–Trinajstić information content (AvgIpc) is 2.30. The zero-order valence-corrected chi connectivity index (χ0v) is 12.7. The molecule has 0 spiro atoms. The number of halogens is 1. The van der Waals surface area contributed by atoms with Crippen molar-refractivity contribution in [3.63, 3.8) is 0 Å². The lowest BCUT2D eigenvalue weighted by atomic mass is 10.2. The molecule has 0 aliphatic carbocycles. The van der Waals surface area contributed by atoms with Crippen LogP contribution in [0.4, 0.5) is 5.69 Å². The molecule has 1 N–H and O–H groups in total. The van der Waals surface area contributed by atoms with Gasteiger partial charge in [-0.1, -0.05) is 11.6 Å². The Hall–Kier alpha value is -0.380. The van der Waals surface area contributed by atoms with Gasteiger partial charge in [-0.15, -0.1) is 0 Å². The van der Waals surface area contributed by atoms with Crippen molar-refractivity contribution in [3.8, 4) is 0 Å². The molecule has 2 rings (SSSR count). The van der Waals surface area contributed by atoms with E-state index in [9.17, 15) is 0 Å². The standard InChI is InChI=1S/C14H21ClN2S/c1-14(2)11-17(9-10-18-14)8-7-16-13-5-3-12(15)4-6-13/h3-6,16H,7-11H2,1-2H3. The van der Waals surface area contributed by atoms with Crippen molar-refractivity contribution in [3.05, 3.63) is 29.3 Å². The van der Waals surface area contributed by atoms with Gasteiger partial charge in [-0.2, -0.15) is 11.8 Å². The van der Waals surface area contributed by atoms with Crippen LogP contribution < -0.4 is 5.32 Å². The molecule has 0 saturated carbocycles. The maximum atomic E-state index is 5.86. The monoisotopic (exact) mass is 284 g/mol. The van der Waals surface area contributed by atoms with Crippen molar-refractivity contribution >= 4 is 29.1 Å². The van der Waals surface area contributed by atoms with Gasteiger partial charge in [-0.05, 0) is 38.1 Å². The number of hydrogen-bond donors (Lipinski definition) is 1. The van der Waals surface area contributed by atoms with Crippen LogP contribution in [0.25, 0.3) is 0 Å². The zero-order chi connectivity index (χ0) is 13.0. The van der Waals surface area contributed by atoms with Gasteiger partial charge in [0.15, 0.2) is 0 Å². The average molecular weight is 285 g/mol. The lowest BCUT2D eigenvalue weighted by Crippen LogP contribution is -2.44. The minimum absolute atomic E-state index is 0.401. The molecule has 0 atom stereocenters. The van der Waals surface area contributed by atoms with E-state index < -0.39 is 0 Å². The van der Waals surface area contributed by atoms with Crippen LogP contribution in [0.15, 0.2) is 24.3 Å². The van der Waals surface area contributed by atoms with Gasteiger partial charge >= 0.3 is 0 Å². The Balaban J connectivity index is 1.73. The Morgan fingerprint density at radius 2 is 2.06 bits per heavy atom. The number of rotatable bonds is 4. The van der Waals surface area contributed by atoms with Crippen molar-refractivity contribution in [2.24, 2.45) is 0 Å². The molecule has 100 valence electrons. The van der Waals surface area contributed by atoms with Crippen molar-refractivity contribution in [2.45, 2.75) is 18.6 Å². The van der Waals surface area contributed by atoms with E-state index in [2.05, 4.69) is 35.8 Å². The van der Waals surface area contributed by atoms with E-state index >= 15 is 0 Å². The van der Waals surface area contributed by atoms with Crippen molar-refractivity contribution in [2.75, 3.05) is 37.2 Å². The zero-order valence-electron chi connectivity index (χ0n) is 11.1. The second-order valence-electron chi connectivity index (χ2n) is 5.32. The Labute approximate surface area is 119 Å². The third-order valence-electron chi connectivity index (χ3n) is 3.11. The fourth-order valence-electron chi connectivity index (χ4n) is 2.23. The second kappa shape index (κ2) is 6.18. The Kier molecular flexibility index (Phi) is 4.82. The van der Waals surface area contributed by atoms with Crippen LogP contribution in [-0.2, 0) is 0 Å². The molecule has 0 bridgehead atoms. The minimum Gasteiger partial charge on any atom is -0.384 e. The van der Waals surface area contributed by atoms with E-state index in [1.54, 1.807) is 0 Å². The summed E-state index contributed by atoms with van der Waals surface area (Å²) in [4.78, 5) is 2.54. The van der Waals surface area contributed by atoms with Crippen LogP contribution in [-0.4, -0.2) is 41.6 Å².